The molecular formula is C30H35FN5O6P. The number of hydrogen-bond donors (Lipinski definition) is 1. The molecule has 13 heteroatoms. The highest BCUT2D eigenvalue weighted by atomic mass is 31.2. The number of rotatable bonds is 12. The third-order valence-electron chi connectivity index (χ3n) is 6.59. The Kier molecular flexibility index (Phi) is 10.1. The van der Waals surface area contributed by atoms with E-state index in [1.807, 2.05) is 37.2 Å². The second kappa shape index (κ2) is 13.6. The number of ether oxygens (including phenoxy) is 1. The van der Waals surface area contributed by atoms with Crippen molar-refractivity contribution in [2.45, 2.75) is 20.1 Å². The second-order valence-corrected chi connectivity index (χ2v) is 11.4. The van der Waals surface area contributed by atoms with E-state index in [-0.39, 0.29) is 12.5 Å². The zero-order valence-electron chi connectivity index (χ0n) is 24.9. The number of carbonyl (C=O) groups excluding carboxylic acids is 1. The summed E-state index contributed by atoms with van der Waals surface area (Å²) in [4.78, 5) is 34.7. The number of carbonyl (C=O) groups is 1. The number of pyridine rings is 2. The maximum Gasteiger partial charge on any atom is 0.474 e. The molecule has 0 aliphatic carbocycles. The lowest BCUT2D eigenvalue weighted by Gasteiger charge is -2.19. The fraction of sp³-hybridized carbons (Fsp3) is 0.300. The van der Waals surface area contributed by atoms with Crippen molar-refractivity contribution < 1.29 is 32.4 Å². The molecular weight excluding hydrogens is 576 g/mol. The van der Waals surface area contributed by atoms with Gasteiger partial charge in [-0.3, -0.25) is 13.8 Å². The largest absolute Gasteiger partial charge is 0.497 e. The average molecular weight is 612 g/mol. The van der Waals surface area contributed by atoms with Crippen molar-refractivity contribution in [3.8, 4) is 28.0 Å². The lowest BCUT2D eigenvalue weighted by molar-refractivity contribution is -0.113. The van der Waals surface area contributed by atoms with Crippen LogP contribution in [0.25, 0.3) is 33.3 Å². The van der Waals surface area contributed by atoms with Crippen LogP contribution in [0.15, 0.2) is 67.1 Å². The first-order chi connectivity index (χ1) is 20.4. The first-order valence-corrected chi connectivity index (χ1v) is 15.0. The van der Waals surface area contributed by atoms with E-state index in [0.717, 1.165) is 5.56 Å². The predicted molar refractivity (Wildman–Crippen MR) is 163 cm³/mol. The summed E-state index contributed by atoms with van der Waals surface area (Å²) in [5, 5.41) is 0.628. The minimum atomic E-state index is -4.34. The van der Waals surface area contributed by atoms with Crippen LogP contribution in [-0.4, -0.2) is 71.6 Å². The van der Waals surface area contributed by atoms with Gasteiger partial charge in [0, 0.05) is 72.6 Å². The molecule has 0 aliphatic rings. The lowest BCUT2D eigenvalue weighted by Crippen LogP contribution is -2.24. The maximum absolute atomic E-state index is 14.2. The fourth-order valence-electron chi connectivity index (χ4n) is 4.47. The van der Waals surface area contributed by atoms with Crippen LogP contribution < -0.4 is 9.64 Å². The van der Waals surface area contributed by atoms with Gasteiger partial charge in [-0.15, -0.1) is 0 Å². The number of aromatic nitrogens is 3. The van der Waals surface area contributed by atoms with E-state index < -0.39 is 20.0 Å². The molecule has 3 heterocycles. The summed E-state index contributed by atoms with van der Waals surface area (Å²) in [6.07, 6.45) is 7.04. The summed E-state index contributed by atoms with van der Waals surface area (Å²) < 4.78 is 43.9. The highest BCUT2D eigenvalue weighted by Crippen LogP contribution is 2.47. The van der Waals surface area contributed by atoms with E-state index >= 15 is 0 Å². The van der Waals surface area contributed by atoms with Gasteiger partial charge in [-0.05, 0) is 63.3 Å². The number of phosphoric ester groups is 1. The highest BCUT2D eigenvalue weighted by Gasteiger charge is 2.27. The standard InChI is InChI=1S/C30H35FN5O6P/c1-7-41-43(38,39)42-20(2)36-19-27(21-10-11-32-28(31)16-21)26-15-23(18-33-30(26)36)22-13-24(17-25(14-22)40-6)35(5)29(37)9-8-12-34(3)4/h8-11,13-20H,7,12H2,1-6H3,(H,38,39)/b9-8+. The van der Waals surface area contributed by atoms with Crippen LogP contribution in [0.3, 0.4) is 0 Å². The van der Waals surface area contributed by atoms with E-state index in [1.165, 1.54) is 23.2 Å². The number of hydrogen-bond acceptors (Lipinski definition) is 8. The van der Waals surface area contributed by atoms with Crippen LogP contribution in [0, 0.1) is 5.95 Å². The van der Waals surface area contributed by atoms with Crippen LogP contribution in [0.4, 0.5) is 10.1 Å². The number of benzene rings is 1. The van der Waals surface area contributed by atoms with E-state index in [0.29, 0.717) is 45.7 Å². The Morgan fingerprint density at radius 2 is 1.91 bits per heavy atom. The van der Waals surface area contributed by atoms with Crippen molar-refractivity contribution in [1.82, 2.24) is 19.4 Å². The minimum absolute atomic E-state index is 0.00818. The molecule has 2 atom stereocenters. The highest BCUT2D eigenvalue weighted by molar-refractivity contribution is 7.47. The van der Waals surface area contributed by atoms with Crippen molar-refractivity contribution in [1.29, 1.82) is 0 Å². The zero-order chi connectivity index (χ0) is 31.3. The number of likely N-dealkylation sites (N-methyl/N-ethyl adjacent to an activating group) is 2. The molecule has 11 nitrogen and oxygen atoms in total. The summed E-state index contributed by atoms with van der Waals surface area (Å²) in [5.41, 5.74) is 3.59. The summed E-state index contributed by atoms with van der Waals surface area (Å²) in [5.74, 6) is -0.320. The SMILES string of the molecule is CCOP(=O)(O)OC(C)n1cc(-c2ccnc(F)c2)c2cc(-c3cc(OC)cc(N(C)C(=O)/C=C/CN(C)C)c3)cnc21. The summed E-state index contributed by atoms with van der Waals surface area (Å²) in [6, 6.07) is 10.3. The van der Waals surface area contributed by atoms with Gasteiger partial charge in [-0.25, -0.2) is 14.5 Å². The molecule has 2 unspecified atom stereocenters. The molecule has 0 aliphatic heterocycles. The summed E-state index contributed by atoms with van der Waals surface area (Å²) in [7, 11) is 2.73. The van der Waals surface area contributed by atoms with Crippen molar-refractivity contribution >= 4 is 30.5 Å². The number of halogens is 1. The molecule has 0 spiro atoms. The summed E-state index contributed by atoms with van der Waals surface area (Å²) >= 11 is 0. The van der Waals surface area contributed by atoms with Crippen molar-refractivity contribution in [3.63, 3.8) is 0 Å². The molecule has 1 amide bonds. The van der Waals surface area contributed by atoms with Crippen LogP contribution >= 0.6 is 7.82 Å². The topological polar surface area (TPSA) is 119 Å². The van der Waals surface area contributed by atoms with Gasteiger partial charge < -0.3 is 24.0 Å². The normalized spacial score (nSPS) is 13.9. The monoisotopic (exact) mass is 611 g/mol. The van der Waals surface area contributed by atoms with Gasteiger partial charge in [-0.1, -0.05) is 6.08 Å². The fourth-order valence-corrected chi connectivity index (χ4v) is 5.34. The molecule has 4 aromatic rings. The molecule has 43 heavy (non-hydrogen) atoms. The number of nitrogens with zero attached hydrogens (tertiary/aromatic N) is 5. The molecule has 1 aromatic carbocycles. The lowest BCUT2D eigenvalue weighted by atomic mass is 10.0. The molecule has 0 bridgehead atoms. The van der Waals surface area contributed by atoms with Crippen LogP contribution in [0.1, 0.15) is 20.1 Å². The van der Waals surface area contributed by atoms with E-state index in [9.17, 15) is 18.6 Å². The predicted octanol–water partition coefficient (Wildman–Crippen LogP) is 5.67. The van der Waals surface area contributed by atoms with Gasteiger partial charge in [0.25, 0.3) is 0 Å². The van der Waals surface area contributed by atoms with Gasteiger partial charge in [0.2, 0.25) is 11.9 Å². The second-order valence-electron chi connectivity index (χ2n) is 9.99. The molecule has 4 rings (SSSR count). The van der Waals surface area contributed by atoms with Gasteiger partial charge >= 0.3 is 7.82 Å². The smallest absolute Gasteiger partial charge is 0.474 e. The van der Waals surface area contributed by atoms with Crippen LogP contribution in [0.2, 0.25) is 0 Å². The first-order valence-electron chi connectivity index (χ1n) is 13.5. The van der Waals surface area contributed by atoms with Gasteiger partial charge in [-0.2, -0.15) is 4.39 Å². The molecule has 1 N–H and O–H groups in total. The Morgan fingerprint density at radius 1 is 1.14 bits per heavy atom. The van der Waals surface area contributed by atoms with Crippen molar-refractivity contribution in [2.24, 2.45) is 0 Å². The molecule has 0 fully saturated rings. The van der Waals surface area contributed by atoms with Crippen molar-refractivity contribution in [3.05, 3.63) is 73.1 Å². The van der Waals surface area contributed by atoms with E-state index in [2.05, 4.69) is 9.97 Å². The third-order valence-corrected chi connectivity index (χ3v) is 7.74. The Bertz CT molecular complexity index is 1690. The number of fused-ring (bicyclic) bond motifs is 1. The van der Waals surface area contributed by atoms with Crippen LogP contribution in [0.5, 0.6) is 5.75 Å². The minimum Gasteiger partial charge on any atom is -0.497 e. The Balaban J connectivity index is 1.81. The Hall–Kier alpha value is -3.93. The Morgan fingerprint density at radius 3 is 2.58 bits per heavy atom. The molecule has 0 radical (unpaired) electrons. The van der Waals surface area contributed by atoms with Gasteiger partial charge in [0.1, 0.15) is 17.6 Å². The number of amides is 1. The quantitative estimate of drug-likeness (QED) is 0.123. The molecule has 0 saturated carbocycles. The van der Waals surface area contributed by atoms with Crippen molar-refractivity contribution in [2.75, 3.05) is 46.3 Å². The molecule has 228 valence electrons. The number of phosphoric acid groups is 1. The van der Waals surface area contributed by atoms with Gasteiger partial charge in [0.05, 0.1) is 13.7 Å². The average Bonchev–Trinajstić information content (AvgIpc) is 3.35. The Labute approximate surface area is 249 Å². The van der Waals surface area contributed by atoms with Gasteiger partial charge in [0.15, 0.2) is 0 Å². The first kappa shape index (κ1) is 32.0. The zero-order valence-corrected chi connectivity index (χ0v) is 25.8. The maximum atomic E-state index is 14.2. The number of methoxy groups -OCH3 is 1. The molecule has 3 aromatic heterocycles. The van der Waals surface area contributed by atoms with Crippen LogP contribution in [-0.2, 0) is 18.4 Å². The van der Waals surface area contributed by atoms with E-state index in [4.69, 9.17) is 13.8 Å². The number of anilines is 1. The third kappa shape index (κ3) is 7.73. The molecule has 0 saturated heterocycles. The summed E-state index contributed by atoms with van der Waals surface area (Å²) in [6.45, 7) is 3.79. The van der Waals surface area contributed by atoms with E-state index in [1.54, 1.807) is 63.2 Å².